The number of rotatable bonds is 3. The van der Waals surface area contributed by atoms with Crippen LogP contribution in [0.5, 0.6) is 0 Å². The van der Waals surface area contributed by atoms with E-state index >= 15 is 0 Å². The van der Waals surface area contributed by atoms with E-state index < -0.39 is 0 Å². The number of hydrogen-bond acceptors (Lipinski definition) is 6. The van der Waals surface area contributed by atoms with E-state index in [0.29, 0.717) is 10.6 Å². The lowest BCUT2D eigenvalue weighted by molar-refractivity contribution is -0.117. The van der Waals surface area contributed by atoms with Crippen molar-refractivity contribution in [3.63, 3.8) is 0 Å². The number of aromatic nitrogens is 5. The van der Waals surface area contributed by atoms with Crippen LogP contribution in [0.3, 0.4) is 0 Å². The van der Waals surface area contributed by atoms with E-state index in [1.807, 2.05) is 0 Å². The number of carbonyl (C=O) groups excluding carboxylic acids is 1. The molecule has 124 valence electrons. The van der Waals surface area contributed by atoms with Gasteiger partial charge in [-0.15, -0.1) is 11.3 Å². The SMILES string of the molecule is O=C(Cn1ncn2nccc2c1=O)Nc1nc2c(s1)CCCCC2. The lowest BCUT2D eigenvalue weighted by Crippen LogP contribution is -2.30. The predicted molar refractivity (Wildman–Crippen MR) is 89.2 cm³/mol. The number of carbonyl (C=O) groups is 1. The summed E-state index contributed by atoms with van der Waals surface area (Å²) in [7, 11) is 0. The molecule has 1 aliphatic carbocycles. The molecule has 4 rings (SSSR count). The van der Waals surface area contributed by atoms with Gasteiger partial charge in [0.15, 0.2) is 5.13 Å². The topological polar surface area (TPSA) is 94.2 Å². The Kier molecular flexibility index (Phi) is 3.85. The summed E-state index contributed by atoms with van der Waals surface area (Å²) in [5, 5.41) is 11.3. The van der Waals surface area contributed by atoms with Crippen LogP contribution in [0.4, 0.5) is 5.13 Å². The van der Waals surface area contributed by atoms with Crippen molar-refractivity contribution in [3.8, 4) is 0 Å². The molecule has 3 aromatic rings. The lowest BCUT2D eigenvalue weighted by Gasteiger charge is -2.04. The molecular formula is C15H16N6O2S. The Morgan fingerprint density at radius 1 is 1.25 bits per heavy atom. The summed E-state index contributed by atoms with van der Waals surface area (Å²) in [4.78, 5) is 30.2. The zero-order valence-electron chi connectivity index (χ0n) is 12.9. The fourth-order valence-corrected chi connectivity index (χ4v) is 3.93. The van der Waals surface area contributed by atoms with Gasteiger partial charge < -0.3 is 5.32 Å². The van der Waals surface area contributed by atoms with Gasteiger partial charge in [-0.25, -0.2) is 14.2 Å². The van der Waals surface area contributed by atoms with Crippen molar-refractivity contribution in [1.82, 2.24) is 24.4 Å². The normalized spacial score (nSPS) is 14.3. The van der Waals surface area contributed by atoms with Gasteiger partial charge >= 0.3 is 0 Å². The third-order valence-corrected chi connectivity index (χ3v) is 5.13. The van der Waals surface area contributed by atoms with Crippen LogP contribution in [0.15, 0.2) is 23.4 Å². The molecule has 1 N–H and O–H groups in total. The summed E-state index contributed by atoms with van der Waals surface area (Å²) in [6, 6.07) is 1.59. The van der Waals surface area contributed by atoms with Crippen LogP contribution < -0.4 is 10.9 Å². The number of amides is 1. The van der Waals surface area contributed by atoms with E-state index in [9.17, 15) is 9.59 Å². The van der Waals surface area contributed by atoms with E-state index in [-0.39, 0.29) is 18.0 Å². The number of nitrogens with zero attached hydrogens (tertiary/aromatic N) is 5. The standard InChI is InChI=1S/C15H16N6O2S/c22-13(8-20-14(23)11-6-7-16-21(11)9-17-20)19-15-18-10-4-2-1-3-5-12(10)24-15/h6-7,9H,1-5,8H2,(H,18,19,22). The first-order valence-electron chi connectivity index (χ1n) is 7.88. The fraction of sp³-hybridized carbons (Fsp3) is 0.400. The highest BCUT2D eigenvalue weighted by atomic mass is 32.1. The third kappa shape index (κ3) is 2.82. The highest BCUT2D eigenvalue weighted by Crippen LogP contribution is 2.28. The van der Waals surface area contributed by atoms with Crippen LogP contribution in [-0.2, 0) is 24.2 Å². The summed E-state index contributed by atoms with van der Waals surface area (Å²) < 4.78 is 2.51. The van der Waals surface area contributed by atoms with Crippen molar-refractivity contribution in [3.05, 3.63) is 39.5 Å². The van der Waals surface area contributed by atoms with E-state index in [1.165, 1.54) is 46.1 Å². The minimum absolute atomic E-state index is 0.148. The molecule has 24 heavy (non-hydrogen) atoms. The Morgan fingerprint density at radius 3 is 3.04 bits per heavy atom. The van der Waals surface area contributed by atoms with E-state index in [1.54, 1.807) is 6.07 Å². The van der Waals surface area contributed by atoms with E-state index in [2.05, 4.69) is 20.5 Å². The number of anilines is 1. The summed E-state index contributed by atoms with van der Waals surface area (Å²) in [6.45, 7) is -0.148. The Bertz CT molecular complexity index is 933. The van der Waals surface area contributed by atoms with Crippen LogP contribution in [0.25, 0.3) is 5.52 Å². The van der Waals surface area contributed by atoms with Crippen molar-refractivity contribution >= 4 is 27.9 Å². The minimum Gasteiger partial charge on any atom is -0.300 e. The molecule has 0 unspecified atom stereocenters. The van der Waals surface area contributed by atoms with Gasteiger partial charge in [-0.1, -0.05) is 6.42 Å². The Morgan fingerprint density at radius 2 is 2.12 bits per heavy atom. The number of hydrogen-bond donors (Lipinski definition) is 1. The van der Waals surface area contributed by atoms with Gasteiger partial charge in [-0.2, -0.15) is 10.2 Å². The highest BCUT2D eigenvalue weighted by molar-refractivity contribution is 7.15. The smallest absolute Gasteiger partial charge is 0.293 e. The molecule has 0 fully saturated rings. The van der Waals surface area contributed by atoms with Crippen LogP contribution in [0.1, 0.15) is 29.8 Å². The van der Waals surface area contributed by atoms with Gasteiger partial charge in [-0.05, 0) is 31.7 Å². The van der Waals surface area contributed by atoms with Crippen molar-refractivity contribution < 1.29 is 4.79 Å². The van der Waals surface area contributed by atoms with Crippen LogP contribution in [-0.4, -0.2) is 30.3 Å². The molecule has 3 heterocycles. The molecule has 9 heteroatoms. The third-order valence-electron chi connectivity index (χ3n) is 4.06. The van der Waals surface area contributed by atoms with Gasteiger partial charge in [0.25, 0.3) is 5.56 Å². The van der Waals surface area contributed by atoms with Crippen molar-refractivity contribution in [1.29, 1.82) is 0 Å². The van der Waals surface area contributed by atoms with Crippen LogP contribution >= 0.6 is 11.3 Å². The number of thiazole rings is 1. The summed E-state index contributed by atoms with van der Waals surface area (Å²) in [5.41, 5.74) is 1.14. The zero-order chi connectivity index (χ0) is 16.5. The first kappa shape index (κ1) is 15.0. The maximum absolute atomic E-state index is 12.2. The van der Waals surface area contributed by atoms with Gasteiger partial charge in [0.1, 0.15) is 18.4 Å². The average molecular weight is 344 g/mol. The Balaban J connectivity index is 1.50. The molecule has 0 aliphatic heterocycles. The largest absolute Gasteiger partial charge is 0.300 e. The second-order valence-electron chi connectivity index (χ2n) is 5.75. The zero-order valence-corrected chi connectivity index (χ0v) is 13.8. The predicted octanol–water partition coefficient (Wildman–Crippen LogP) is 1.26. The number of aryl methyl sites for hydroxylation is 2. The van der Waals surface area contributed by atoms with E-state index in [4.69, 9.17) is 0 Å². The van der Waals surface area contributed by atoms with Crippen molar-refractivity contribution in [2.75, 3.05) is 5.32 Å². The monoisotopic (exact) mass is 344 g/mol. The van der Waals surface area contributed by atoms with Gasteiger partial charge in [0.05, 0.1) is 11.9 Å². The second kappa shape index (κ2) is 6.16. The lowest BCUT2D eigenvalue weighted by atomic mass is 10.2. The highest BCUT2D eigenvalue weighted by Gasteiger charge is 2.16. The summed E-state index contributed by atoms with van der Waals surface area (Å²) in [5.74, 6) is -0.308. The molecule has 0 aromatic carbocycles. The molecular weight excluding hydrogens is 328 g/mol. The average Bonchev–Trinajstić information content (AvgIpc) is 3.12. The molecule has 0 spiro atoms. The summed E-state index contributed by atoms with van der Waals surface area (Å²) in [6.07, 6.45) is 8.49. The summed E-state index contributed by atoms with van der Waals surface area (Å²) >= 11 is 1.53. The molecule has 3 aromatic heterocycles. The van der Waals surface area contributed by atoms with Crippen molar-refractivity contribution in [2.24, 2.45) is 0 Å². The quantitative estimate of drug-likeness (QED) is 0.722. The minimum atomic E-state index is -0.347. The molecule has 1 amide bonds. The molecule has 0 radical (unpaired) electrons. The van der Waals surface area contributed by atoms with Gasteiger partial charge in [-0.3, -0.25) is 9.59 Å². The molecule has 0 saturated heterocycles. The van der Waals surface area contributed by atoms with E-state index in [0.717, 1.165) is 29.6 Å². The molecule has 8 nitrogen and oxygen atoms in total. The van der Waals surface area contributed by atoms with Gasteiger partial charge in [0, 0.05) is 4.88 Å². The van der Waals surface area contributed by atoms with Crippen molar-refractivity contribution in [2.45, 2.75) is 38.6 Å². The van der Waals surface area contributed by atoms with Gasteiger partial charge in [0.2, 0.25) is 5.91 Å². The maximum atomic E-state index is 12.2. The maximum Gasteiger partial charge on any atom is 0.293 e. The van der Waals surface area contributed by atoms with Crippen LogP contribution in [0, 0.1) is 0 Å². The molecule has 0 bridgehead atoms. The number of fused-ring (bicyclic) bond motifs is 2. The fourth-order valence-electron chi connectivity index (χ4n) is 2.86. The first-order chi connectivity index (χ1) is 11.7. The Labute approximate surface area is 141 Å². The van der Waals surface area contributed by atoms with Crippen LogP contribution in [0.2, 0.25) is 0 Å². The molecule has 1 aliphatic rings. The number of nitrogens with one attached hydrogen (secondary N) is 1. The Hall–Kier alpha value is -2.55. The molecule has 0 saturated carbocycles. The first-order valence-corrected chi connectivity index (χ1v) is 8.70. The molecule has 0 atom stereocenters. The second-order valence-corrected chi connectivity index (χ2v) is 6.84.